The largest absolute Gasteiger partial charge is 0.394 e. The average molecular weight is 317 g/mol. The predicted molar refractivity (Wildman–Crippen MR) is 87.9 cm³/mol. The summed E-state index contributed by atoms with van der Waals surface area (Å²) >= 11 is 0. The molecule has 2 rings (SSSR count). The van der Waals surface area contributed by atoms with Crippen molar-refractivity contribution in [2.45, 2.75) is 20.3 Å². The molecule has 6 heteroatoms. The zero-order valence-corrected chi connectivity index (χ0v) is 13.6. The lowest BCUT2D eigenvalue weighted by Gasteiger charge is -2.08. The Bertz CT molecular complexity index is 635. The molecule has 0 atom stereocenters. The average Bonchev–Trinajstić information content (AvgIpc) is 2.89. The van der Waals surface area contributed by atoms with Crippen LogP contribution in [0.1, 0.15) is 28.2 Å². The number of rotatable bonds is 8. The molecule has 0 saturated heterocycles. The van der Waals surface area contributed by atoms with Gasteiger partial charge in [0.15, 0.2) is 0 Å². The maximum absolute atomic E-state index is 12.0. The van der Waals surface area contributed by atoms with Crippen LogP contribution in [0.5, 0.6) is 0 Å². The van der Waals surface area contributed by atoms with E-state index in [2.05, 4.69) is 10.4 Å². The first kappa shape index (κ1) is 17.2. The fourth-order valence-corrected chi connectivity index (χ4v) is 2.29. The first-order valence-corrected chi connectivity index (χ1v) is 7.72. The van der Waals surface area contributed by atoms with Gasteiger partial charge in [-0.1, -0.05) is 0 Å². The molecule has 0 aliphatic carbocycles. The van der Waals surface area contributed by atoms with Gasteiger partial charge in [-0.25, -0.2) is 4.68 Å². The summed E-state index contributed by atoms with van der Waals surface area (Å²) in [4.78, 5) is 12.0. The number of ether oxygens (including phenoxy) is 1. The van der Waals surface area contributed by atoms with Crippen molar-refractivity contribution in [2.24, 2.45) is 0 Å². The summed E-state index contributed by atoms with van der Waals surface area (Å²) in [7, 11) is 0. The summed E-state index contributed by atoms with van der Waals surface area (Å²) < 4.78 is 6.99. The summed E-state index contributed by atoms with van der Waals surface area (Å²) in [6.07, 6.45) is 0.718. The number of aliphatic hydroxyl groups excluding tert-OH is 1. The number of aliphatic hydroxyl groups is 1. The molecule has 0 spiro atoms. The molecule has 0 unspecified atom stereocenters. The molecule has 124 valence electrons. The molecule has 0 radical (unpaired) electrons. The molecule has 1 aromatic carbocycles. The predicted octanol–water partition coefficient (Wildman–Crippen LogP) is 1.62. The van der Waals surface area contributed by atoms with Crippen LogP contribution in [0.2, 0.25) is 0 Å². The van der Waals surface area contributed by atoms with Crippen LogP contribution in [0, 0.1) is 13.8 Å². The van der Waals surface area contributed by atoms with Crippen LogP contribution in [-0.4, -0.2) is 47.2 Å². The highest BCUT2D eigenvalue weighted by Crippen LogP contribution is 2.13. The fourth-order valence-electron chi connectivity index (χ4n) is 2.29. The van der Waals surface area contributed by atoms with E-state index in [4.69, 9.17) is 9.84 Å². The van der Waals surface area contributed by atoms with Gasteiger partial charge in [0.05, 0.1) is 24.6 Å². The number of nitrogens with zero attached hydrogens (tertiary/aromatic N) is 2. The molecule has 1 aromatic heterocycles. The van der Waals surface area contributed by atoms with Gasteiger partial charge in [-0.2, -0.15) is 5.10 Å². The minimum absolute atomic E-state index is 0.0218. The zero-order chi connectivity index (χ0) is 16.7. The SMILES string of the molecule is Cc1cc(C)n(-c2ccc(C(=O)NCCCOCCO)cc2)n1. The van der Waals surface area contributed by atoms with Gasteiger partial charge in [0, 0.05) is 24.4 Å². The summed E-state index contributed by atoms with van der Waals surface area (Å²) in [6, 6.07) is 9.38. The van der Waals surface area contributed by atoms with Crippen molar-refractivity contribution in [3.05, 3.63) is 47.3 Å². The molecule has 0 fully saturated rings. The highest BCUT2D eigenvalue weighted by atomic mass is 16.5. The number of hydrogen-bond donors (Lipinski definition) is 2. The molecule has 0 bridgehead atoms. The molecule has 2 aromatic rings. The van der Waals surface area contributed by atoms with Crippen LogP contribution in [-0.2, 0) is 4.74 Å². The lowest BCUT2D eigenvalue weighted by Crippen LogP contribution is -2.25. The molecule has 2 N–H and O–H groups in total. The van der Waals surface area contributed by atoms with Crippen molar-refractivity contribution >= 4 is 5.91 Å². The van der Waals surface area contributed by atoms with Crippen molar-refractivity contribution < 1.29 is 14.6 Å². The summed E-state index contributed by atoms with van der Waals surface area (Å²) in [5, 5.41) is 15.9. The van der Waals surface area contributed by atoms with Gasteiger partial charge in [0.2, 0.25) is 0 Å². The minimum atomic E-state index is -0.105. The van der Waals surface area contributed by atoms with E-state index in [-0.39, 0.29) is 12.5 Å². The second-order valence-electron chi connectivity index (χ2n) is 5.33. The van der Waals surface area contributed by atoms with E-state index in [1.54, 1.807) is 12.1 Å². The third-order valence-electron chi connectivity index (χ3n) is 3.37. The lowest BCUT2D eigenvalue weighted by molar-refractivity contribution is 0.0867. The molecule has 6 nitrogen and oxygen atoms in total. The Morgan fingerprint density at radius 3 is 2.61 bits per heavy atom. The number of benzene rings is 1. The topological polar surface area (TPSA) is 76.4 Å². The van der Waals surface area contributed by atoms with Crippen molar-refractivity contribution in [1.29, 1.82) is 0 Å². The Balaban J connectivity index is 1.87. The van der Waals surface area contributed by atoms with Gasteiger partial charge in [-0.15, -0.1) is 0 Å². The van der Waals surface area contributed by atoms with Crippen LogP contribution < -0.4 is 5.32 Å². The lowest BCUT2D eigenvalue weighted by atomic mass is 10.2. The van der Waals surface area contributed by atoms with E-state index >= 15 is 0 Å². The third-order valence-corrected chi connectivity index (χ3v) is 3.37. The van der Waals surface area contributed by atoms with Gasteiger partial charge in [0.1, 0.15) is 0 Å². The van der Waals surface area contributed by atoms with Crippen molar-refractivity contribution in [3.63, 3.8) is 0 Å². The molecule has 1 heterocycles. The number of nitrogens with one attached hydrogen (secondary N) is 1. The Morgan fingerprint density at radius 2 is 2.00 bits per heavy atom. The summed E-state index contributed by atoms with van der Waals surface area (Å²) in [5.41, 5.74) is 3.58. The second-order valence-corrected chi connectivity index (χ2v) is 5.33. The number of amides is 1. The van der Waals surface area contributed by atoms with Crippen molar-refractivity contribution in [1.82, 2.24) is 15.1 Å². The first-order valence-electron chi connectivity index (χ1n) is 7.72. The Hall–Kier alpha value is -2.18. The minimum Gasteiger partial charge on any atom is -0.394 e. The Kier molecular flexibility index (Phi) is 6.31. The maximum atomic E-state index is 12.0. The van der Waals surface area contributed by atoms with E-state index in [1.807, 2.05) is 36.7 Å². The Morgan fingerprint density at radius 1 is 1.26 bits per heavy atom. The monoisotopic (exact) mass is 317 g/mol. The summed E-state index contributed by atoms with van der Waals surface area (Å²) in [5.74, 6) is -0.105. The fraction of sp³-hybridized carbons (Fsp3) is 0.412. The smallest absolute Gasteiger partial charge is 0.251 e. The van der Waals surface area contributed by atoms with E-state index in [9.17, 15) is 4.79 Å². The van der Waals surface area contributed by atoms with Crippen LogP contribution in [0.4, 0.5) is 0 Å². The number of carbonyl (C=O) groups excluding carboxylic acids is 1. The highest BCUT2D eigenvalue weighted by molar-refractivity contribution is 5.94. The second kappa shape index (κ2) is 8.45. The van der Waals surface area contributed by atoms with E-state index < -0.39 is 0 Å². The molecule has 0 saturated carbocycles. The standard InChI is InChI=1S/C17H23N3O3/c1-13-12-14(2)20(19-13)16-6-4-15(5-7-16)17(22)18-8-3-10-23-11-9-21/h4-7,12,21H,3,8-11H2,1-2H3,(H,18,22). The first-order chi connectivity index (χ1) is 11.1. The third kappa shape index (κ3) is 4.91. The number of aryl methyl sites for hydroxylation is 2. The zero-order valence-electron chi connectivity index (χ0n) is 13.6. The van der Waals surface area contributed by atoms with Crippen LogP contribution in [0.25, 0.3) is 5.69 Å². The van der Waals surface area contributed by atoms with Crippen molar-refractivity contribution in [2.75, 3.05) is 26.4 Å². The van der Waals surface area contributed by atoms with Crippen LogP contribution >= 0.6 is 0 Å². The maximum Gasteiger partial charge on any atom is 0.251 e. The highest BCUT2D eigenvalue weighted by Gasteiger charge is 2.07. The molecule has 1 amide bonds. The van der Waals surface area contributed by atoms with Crippen LogP contribution in [0.15, 0.2) is 30.3 Å². The van der Waals surface area contributed by atoms with E-state index in [0.717, 1.165) is 23.5 Å². The van der Waals surface area contributed by atoms with E-state index in [1.165, 1.54) is 0 Å². The van der Waals surface area contributed by atoms with Crippen LogP contribution in [0.3, 0.4) is 0 Å². The van der Waals surface area contributed by atoms with Crippen molar-refractivity contribution in [3.8, 4) is 5.69 Å². The number of carbonyl (C=O) groups is 1. The Labute approximate surface area is 136 Å². The van der Waals surface area contributed by atoms with Gasteiger partial charge in [0.25, 0.3) is 5.91 Å². The van der Waals surface area contributed by atoms with E-state index in [0.29, 0.717) is 25.3 Å². The number of hydrogen-bond acceptors (Lipinski definition) is 4. The molecule has 0 aliphatic rings. The van der Waals surface area contributed by atoms with Gasteiger partial charge >= 0.3 is 0 Å². The number of aromatic nitrogens is 2. The molecular formula is C17H23N3O3. The normalized spacial score (nSPS) is 10.7. The van der Waals surface area contributed by atoms with Gasteiger partial charge < -0.3 is 15.2 Å². The van der Waals surface area contributed by atoms with Gasteiger partial charge in [-0.3, -0.25) is 4.79 Å². The van der Waals surface area contributed by atoms with Gasteiger partial charge in [-0.05, 0) is 50.6 Å². The summed E-state index contributed by atoms with van der Waals surface area (Å²) in [6.45, 7) is 5.38. The molecular weight excluding hydrogens is 294 g/mol. The molecule has 23 heavy (non-hydrogen) atoms. The quantitative estimate of drug-likeness (QED) is 0.725. The molecule has 0 aliphatic heterocycles.